The maximum atomic E-state index is 12.4. The number of aliphatic hydroxyl groups is 2. The average Bonchev–Trinajstić information content (AvgIpc) is 2.36. The first-order valence-corrected chi connectivity index (χ1v) is 6.50. The van der Waals surface area contributed by atoms with Crippen LogP contribution < -0.4 is 0 Å². The smallest absolute Gasteiger partial charge is 0.227 e. The van der Waals surface area contributed by atoms with Crippen LogP contribution in [0.25, 0.3) is 0 Å². The van der Waals surface area contributed by atoms with Gasteiger partial charge in [-0.05, 0) is 26.3 Å². The Kier molecular flexibility index (Phi) is 5.51. The summed E-state index contributed by atoms with van der Waals surface area (Å²) in [7, 11) is 0. The van der Waals surface area contributed by atoms with E-state index < -0.39 is 11.6 Å². The highest BCUT2D eigenvalue weighted by atomic mass is 16.3. The van der Waals surface area contributed by atoms with Gasteiger partial charge in [-0.2, -0.15) is 0 Å². The second-order valence-corrected chi connectivity index (χ2v) is 5.49. The molecule has 0 aliphatic heterocycles. The van der Waals surface area contributed by atoms with Crippen LogP contribution in [0.5, 0.6) is 0 Å². The highest BCUT2D eigenvalue weighted by molar-refractivity contribution is 5.79. The third-order valence-electron chi connectivity index (χ3n) is 3.06. The molecule has 0 bridgehead atoms. The summed E-state index contributed by atoms with van der Waals surface area (Å²) in [6, 6.07) is 9.46. The number of carbonyl (C=O) groups excluding carboxylic acids is 1. The van der Waals surface area contributed by atoms with Gasteiger partial charge in [0.15, 0.2) is 0 Å². The van der Waals surface area contributed by atoms with Crippen molar-refractivity contribution in [3.05, 3.63) is 35.9 Å². The predicted molar refractivity (Wildman–Crippen MR) is 74.7 cm³/mol. The first-order valence-electron chi connectivity index (χ1n) is 6.50. The lowest BCUT2D eigenvalue weighted by Crippen LogP contribution is -2.53. The number of carbonyl (C=O) groups is 1. The quantitative estimate of drug-likeness (QED) is 0.812. The first kappa shape index (κ1) is 15.7. The molecule has 0 heterocycles. The minimum Gasteiger partial charge on any atom is -0.394 e. The number of hydrogen-bond acceptors (Lipinski definition) is 3. The van der Waals surface area contributed by atoms with Crippen molar-refractivity contribution in [1.82, 2.24) is 4.90 Å². The Balaban J connectivity index is 2.83. The number of rotatable bonds is 6. The van der Waals surface area contributed by atoms with Crippen molar-refractivity contribution in [2.45, 2.75) is 38.8 Å². The molecule has 0 aliphatic rings. The highest BCUT2D eigenvalue weighted by Gasteiger charge is 2.30. The molecule has 1 unspecified atom stereocenters. The summed E-state index contributed by atoms with van der Waals surface area (Å²) >= 11 is 0. The van der Waals surface area contributed by atoms with E-state index in [4.69, 9.17) is 0 Å². The fraction of sp³-hybridized carbons (Fsp3) is 0.533. The Bertz CT molecular complexity index is 401. The third-order valence-corrected chi connectivity index (χ3v) is 3.06. The second-order valence-electron chi connectivity index (χ2n) is 5.49. The molecule has 0 saturated carbocycles. The number of hydrogen-bond donors (Lipinski definition) is 2. The van der Waals surface area contributed by atoms with Crippen LogP contribution in [0.1, 0.15) is 26.3 Å². The molecule has 0 fully saturated rings. The number of aliphatic hydroxyl groups excluding tert-OH is 2. The van der Waals surface area contributed by atoms with Gasteiger partial charge in [0.25, 0.3) is 0 Å². The van der Waals surface area contributed by atoms with Crippen LogP contribution in [0.15, 0.2) is 30.3 Å². The molecule has 4 nitrogen and oxygen atoms in total. The molecule has 0 aliphatic carbocycles. The van der Waals surface area contributed by atoms with Crippen molar-refractivity contribution in [2.24, 2.45) is 0 Å². The standard InChI is InChI=1S/C15H23NO3/c1-12(18)10-16(15(2,3)11-17)14(19)9-13-7-5-4-6-8-13/h4-8,12,17-18H,9-11H2,1-3H3. The molecule has 2 N–H and O–H groups in total. The predicted octanol–water partition coefficient (Wildman–Crippen LogP) is 1.21. The molecule has 4 heteroatoms. The average molecular weight is 265 g/mol. The Hall–Kier alpha value is -1.39. The van der Waals surface area contributed by atoms with Gasteiger partial charge in [0.1, 0.15) is 0 Å². The molecule has 0 spiro atoms. The fourth-order valence-electron chi connectivity index (χ4n) is 1.90. The van der Waals surface area contributed by atoms with E-state index in [2.05, 4.69) is 0 Å². The van der Waals surface area contributed by atoms with Gasteiger partial charge in [-0.1, -0.05) is 30.3 Å². The van der Waals surface area contributed by atoms with Crippen molar-refractivity contribution in [3.63, 3.8) is 0 Å². The van der Waals surface area contributed by atoms with Crippen LogP contribution in [0.2, 0.25) is 0 Å². The lowest BCUT2D eigenvalue weighted by Gasteiger charge is -2.38. The molecule has 1 atom stereocenters. The van der Waals surface area contributed by atoms with Gasteiger partial charge in [0, 0.05) is 6.54 Å². The summed E-state index contributed by atoms with van der Waals surface area (Å²) in [5.74, 6) is -0.0915. The lowest BCUT2D eigenvalue weighted by atomic mass is 10.0. The van der Waals surface area contributed by atoms with Gasteiger partial charge in [0.2, 0.25) is 5.91 Å². The van der Waals surface area contributed by atoms with E-state index in [0.717, 1.165) is 5.56 Å². The van der Waals surface area contributed by atoms with E-state index in [-0.39, 0.29) is 25.5 Å². The number of benzene rings is 1. The van der Waals surface area contributed by atoms with Crippen molar-refractivity contribution in [2.75, 3.05) is 13.2 Å². The first-order chi connectivity index (χ1) is 8.86. The second kappa shape index (κ2) is 6.68. The zero-order valence-corrected chi connectivity index (χ0v) is 11.8. The molecule has 0 aromatic heterocycles. The normalized spacial score (nSPS) is 13.1. The number of β-amino-alcohol motifs (C(OH)–C–C–N with tert-alkyl or cyclic N) is 1. The van der Waals surface area contributed by atoms with Crippen LogP contribution in [0.3, 0.4) is 0 Å². The van der Waals surface area contributed by atoms with Crippen LogP contribution >= 0.6 is 0 Å². The summed E-state index contributed by atoms with van der Waals surface area (Å²) in [5, 5.41) is 18.9. The summed E-state index contributed by atoms with van der Waals surface area (Å²) in [4.78, 5) is 13.9. The van der Waals surface area contributed by atoms with Gasteiger partial charge in [-0.25, -0.2) is 0 Å². The van der Waals surface area contributed by atoms with Gasteiger partial charge in [0.05, 0.1) is 24.7 Å². The molecular weight excluding hydrogens is 242 g/mol. The van der Waals surface area contributed by atoms with E-state index in [1.807, 2.05) is 30.3 Å². The SMILES string of the molecule is CC(O)CN(C(=O)Cc1ccccc1)C(C)(C)CO. The zero-order chi connectivity index (χ0) is 14.5. The maximum absolute atomic E-state index is 12.4. The summed E-state index contributed by atoms with van der Waals surface area (Å²) < 4.78 is 0. The van der Waals surface area contributed by atoms with E-state index in [1.54, 1.807) is 25.7 Å². The minimum atomic E-state index is -0.678. The van der Waals surface area contributed by atoms with Crippen molar-refractivity contribution in [1.29, 1.82) is 0 Å². The Morgan fingerprint density at radius 2 is 1.89 bits per heavy atom. The van der Waals surface area contributed by atoms with Crippen LogP contribution in [0, 0.1) is 0 Å². The maximum Gasteiger partial charge on any atom is 0.227 e. The van der Waals surface area contributed by atoms with Crippen LogP contribution in [-0.2, 0) is 11.2 Å². The van der Waals surface area contributed by atoms with E-state index in [0.29, 0.717) is 0 Å². The molecule has 1 aromatic carbocycles. The molecule has 1 rings (SSSR count). The number of amides is 1. The van der Waals surface area contributed by atoms with E-state index in [1.165, 1.54) is 0 Å². The zero-order valence-electron chi connectivity index (χ0n) is 11.8. The monoisotopic (exact) mass is 265 g/mol. The van der Waals surface area contributed by atoms with Gasteiger partial charge >= 0.3 is 0 Å². The van der Waals surface area contributed by atoms with Gasteiger partial charge < -0.3 is 15.1 Å². The molecule has 1 amide bonds. The van der Waals surface area contributed by atoms with Crippen LogP contribution in [-0.4, -0.2) is 45.8 Å². The Morgan fingerprint density at radius 3 is 2.37 bits per heavy atom. The number of nitrogens with zero attached hydrogens (tertiary/aromatic N) is 1. The van der Waals surface area contributed by atoms with Gasteiger partial charge in [-0.15, -0.1) is 0 Å². The topological polar surface area (TPSA) is 60.8 Å². The summed E-state index contributed by atoms with van der Waals surface area (Å²) in [6.07, 6.45) is -0.345. The molecular formula is C15H23NO3. The minimum absolute atomic E-state index is 0.0915. The third kappa shape index (κ3) is 4.65. The van der Waals surface area contributed by atoms with Crippen molar-refractivity contribution >= 4 is 5.91 Å². The Morgan fingerprint density at radius 1 is 1.32 bits per heavy atom. The van der Waals surface area contributed by atoms with Crippen molar-refractivity contribution in [3.8, 4) is 0 Å². The molecule has 0 saturated heterocycles. The van der Waals surface area contributed by atoms with E-state index in [9.17, 15) is 15.0 Å². The molecule has 19 heavy (non-hydrogen) atoms. The summed E-state index contributed by atoms with van der Waals surface area (Å²) in [6.45, 7) is 5.30. The van der Waals surface area contributed by atoms with Crippen molar-refractivity contribution < 1.29 is 15.0 Å². The lowest BCUT2D eigenvalue weighted by molar-refractivity contribution is -0.139. The van der Waals surface area contributed by atoms with Gasteiger partial charge in [-0.3, -0.25) is 4.79 Å². The Labute approximate surface area is 114 Å². The van der Waals surface area contributed by atoms with Crippen LogP contribution in [0.4, 0.5) is 0 Å². The highest BCUT2D eigenvalue weighted by Crippen LogP contribution is 2.16. The molecule has 0 radical (unpaired) electrons. The largest absolute Gasteiger partial charge is 0.394 e. The fourth-order valence-corrected chi connectivity index (χ4v) is 1.90. The summed E-state index contributed by atoms with van der Waals surface area (Å²) in [5.41, 5.74) is 0.250. The molecule has 106 valence electrons. The molecule has 1 aromatic rings. The van der Waals surface area contributed by atoms with E-state index >= 15 is 0 Å².